The Kier molecular flexibility index (Phi) is 6.63. The molecule has 162 valence electrons. The number of ketones is 1. The van der Waals surface area contributed by atoms with Crippen LogP contribution in [0.4, 0.5) is 5.69 Å². The van der Waals surface area contributed by atoms with Gasteiger partial charge in [-0.2, -0.15) is 0 Å². The smallest absolute Gasteiger partial charge is 0.256 e. The highest BCUT2D eigenvalue weighted by molar-refractivity contribution is 6.30. The van der Waals surface area contributed by atoms with Crippen LogP contribution in [0.25, 0.3) is 0 Å². The number of nitrogens with zero attached hydrogens (tertiary/aromatic N) is 1. The van der Waals surface area contributed by atoms with Crippen LogP contribution in [0.5, 0.6) is 0 Å². The largest absolute Gasteiger partial charge is 0.378 e. The van der Waals surface area contributed by atoms with E-state index >= 15 is 0 Å². The molecule has 1 fully saturated rings. The molecule has 3 aromatic rings. The molecule has 0 atom stereocenters. The van der Waals surface area contributed by atoms with Crippen LogP contribution in [0.2, 0.25) is 5.02 Å². The summed E-state index contributed by atoms with van der Waals surface area (Å²) in [5.74, 6) is -0.815. The summed E-state index contributed by atoms with van der Waals surface area (Å²) in [4.78, 5) is 40.4. The van der Waals surface area contributed by atoms with Crippen molar-refractivity contribution in [2.24, 2.45) is 0 Å². The maximum atomic E-state index is 13.0. The number of benzene rings is 3. The number of morpholine rings is 1. The Bertz CT molecular complexity index is 1150. The Labute approximate surface area is 190 Å². The van der Waals surface area contributed by atoms with Gasteiger partial charge >= 0.3 is 0 Å². The Morgan fingerprint density at radius 3 is 2.22 bits per heavy atom. The number of amides is 2. The van der Waals surface area contributed by atoms with E-state index in [1.165, 1.54) is 0 Å². The van der Waals surface area contributed by atoms with Crippen LogP contribution >= 0.6 is 11.6 Å². The molecule has 1 heterocycles. The minimum absolute atomic E-state index is 0.109. The predicted molar refractivity (Wildman–Crippen MR) is 122 cm³/mol. The van der Waals surface area contributed by atoms with Crippen molar-refractivity contribution in [3.63, 3.8) is 0 Å². The Balaban J connectivity index is 1.54. The highest BCUT2D eigenvalue weighted by atomic mass is 35.5. The minimum Gasteiger partial charge on any atom is -0.378 e. The van der Waals surface area contributed by atoms with Crippen LogP contribution in [-0.2, 0) is 4.74 Å². The van der Waals surface area contributed by atoms with E-state index in [1.54, 1.807) is 77.7 Å². The molecule has 0 aliphatic carbocycles. The third kappa shape index (κ3) is 4.88. The van der Waals surface area contributed by atoms with E-state index in [1.807, 2.05) is 0 Å². The lowest BCUT2D eigenvalue weighted by molar-refractivity contribution is 0.0303. The van der Waals surface area contributed by atoms with E-state index in [-0.39, 0.29) is 22.8 Å². The summed E-state index contributed by atoms with van der Waals surface area (Å²) in [6, 6.07) is 19.9. The second kappa shape index (κ2) is 9.77. The molecule has 7 heteroatoms. The highest BCUT2D eigenvalue weighted by Crippen LogP contribution is 2.20. The molecule has 0 unspecified atom stereocenters. The SMILES string of the molecule is O=C(Nc1cccc(C(=O)N2CCOCC2)c1)c1ccccc1C(=O)c1ccc(Cl)cc1. The lowest BCUT2D eigenvalue weighted by Crippen LogP contribution is -2.40. The number of anilines is 1. The Morgan fingerprint density at radius 1 is 0.812 bits per heavy atom. The molecule has 1 saturated heterocycles. The van der Waals surface area contributed by atoms with Gasteiger partial charge in [0.15, 0.2) is 5.78 Å². The van der Waals surface area contributed by atoms with E-state index < -0.39 is 5.91 Å². The molecule has 6 nitrogen and oxygen atoms in total. The molecule has 0 saturated carbocycles. The Morgan fingerprint density at radius 2 is 1.50 bits per heavy atom. The molecule has 1 aliphatic heterocycles. The fraction of sp³-hybridized carbons (Fsp3) is 0.160. The van der Waals surface area contributed by atoms with Gasteiger partial charge in [-0.15, -0.1) is 0 Å². The monoisotopic (exact) mass is 448 g/mol. The second-order valence-corrected chi connectivity index (χ2v) is 7.76. The predicted octanol–water partition coefficient (Wildman–Crippen LogP) is 4.30. The summed E-state index contributed by atoms with van der Waals surface area (Å²) in [7, 11) is 0. The van der Waals surface area contributed by atoms with Crippen LogP contribution in [0.1, 0.15) is 36.6 Å². The second-order valence-electron chi connectivity index (χ2n) is 7.32. The maximum absolute atomic E-state index is 13.0. The van der Waals surface area contributed by atoms with Crippen LogP contribution < -0.4 is 5.32 Å². The third-order valence-corrected chi connectivity index (χ3v) is 5.44. The van der Waals surface area contributed by atoms with Crippen LogP contribution in [0.15, 0.2) is 72.8 Å². The maximum Gasteiger partial charge on any atom is 0.256 e. The molecule has 32 heavy (non-hydrogen) atoms. The van der Waals surface area contributed by atoms with Crippen molar-refractivity contribution in [2.45, 2.75) is 0 Å². The summed E-state index contributed by atoms with van der Waals surface area (Å²) in [6.45, 7) is 2.10. The van der Waals surface area contributed by atoms with E-state index in [0.717, 1.165) is 0 Å². The van der Waals surface area contributed by atoms with Gasteiger partial charge in [0.1, 0.15) is 0 Å². The summed E-state index contributed by atoms with van der Waals surface area (Å²) in [5, 5.41) is 3.33. The molecule has 3 aromatic carbocycles. The van der Waals surface area contributed by atoms with Crippen molar-refractivity contribution in [2.75, 3.05) is 31.6 Å². The van der Waals surface area contributed by atoms with Crippen molar-refractivity contribution >= 4 is 34.9 Å². The van der Waals surface area contributed by atoms with Gasteiger partial charge in [0, 0.05) is 40.5 Å². The summed E-state index contributed by atoms with van der Waals surface area (Å²) >= 11 is 5.91. The quantitative estimate of drug-likeness (QED) is 0.590. The van der Waals surface area contributed by atoms with Gasteiger partial charge in [-0.05, 0) is 48.5 Å². The van der Waals surface area contributed by atoms with Gasteiger partial charge in [-0.25, -0.2) is 0 Å². The zero-order valence-corrected chi connectivity index (χ0v) is 18.0. The summed E-state index contributed by atoms with van der Waals surface area (Å²) in [6.07, 6.45) is 0. The van der Waals surface area contributed by atoms with Gasteiger partial charge < -0.3 is 15.0 Å². The average Bonchev–Trinajstić information content (AvgIpc) is 2.84. The molecule has 0 bridgehead atoms. The lowest BCUT2D eigenvalue weighted by Gasteiger charge is -2.27. The fourth-order valence-corrected chi connectivity index (χ4v) is 3.64. The molecule has 0 aromatic heterocycles. The highest BCUT2D eigenvalue weighted by Gasteiger charge is 2.20. The van der Waals surface area contributed by atoms with Crippen molar-refractivity contribution in [3.05, 3.63) is 100 Å². The molecule has 2 amide bonds. The molecule has 1 aliphatic rings. The first kappa shape index (κ1) is 21.7. The normalized spacial score (nSPS) is 13.5. The van der Waals surface area contributed by atoms with Gasteiger partial charge in [0.05, 0.1) is 18.8 Å². The van der Waals surface area contributed by atoms with Crippen molar-refractivity contribution < 1.29 is 19.1 Å². The zero-order valence-electron chi connectivity index (χ0n) is 17.2. The molecule has 1 N–H and O–H groups in total. The summed E-state index contributed by atoms with van der Waals surface area (Å²) < 4.78 is 5.29. The fourth-order valence-electron chi connectivity index (χ4n) is 3.51. The molecule has 4 rings (SSSR count). The van der Waals surface area contributed by atoms with Crippen molar-refractivity contribution in [1.82, 2.24) is 4.90 Å². The van der Waals surface area contributed by atoms with E-state index in [0.29, 0.717) is 48.1 Å². The number of halogens is 1. The average molecular weight is 449 g/mol. The molecule has 0 spiro atoms. The third-order valence-electron chi connectivity index (χ3n) is 5.19. The number of hydrogen-bond donors (Lipinski definition) is 1. The topological polar surface area (TPSA) is 75.7 Å². The number of carbonyl (C=O) groups is 3. The molecule has 0 radical (unpaired) electrons. The van der Waals surface area contributed by atoms with Crippen molar-refractivity contribution in [1.29, 1.82) is 0 Å². The first-order chi connectivity index (χ1) is 15.5. The van der Waals surface area contributed by atoms with E-state index in [9.17, 15) is 14.4 Å². The van der Waals surface area contributed by atoms with Crippen molar-refractivity contribution in [3.8, 4) is 0 Å². The van der Waals surface area contributed by atoms with Gasteiger partial charge in [-0.1, -0.05) is 35.9 Å². The summed E-state index contributed by atoms with van der Waals surface area (Å²) in [5.41, 5.74) is 1.93. The van der Waals surface area contributed by atoms with Crippen LogP contribution in [0, 0.1) is 0 Å². The number of rotatable bonds is 5. The standard InChI is InChI=1S/C25H21ClN2O4/c26-19-10-8-17(9-11-19)23(29)21-6-1-2-7-22(21)24(30)27-20-5-3-4-18(16-20)25(31)28-12-14-32-15-13-28/h1-11,16H,12-15H2,(H,27,30). The number of hydrogen-bond acceptors (Lipinski definition) is 4. The number of nitrogens with one attached hydrogen (secondary N) is 1. The lowest BCUT2D eigenvalue weighted by atomic mass is 9.98. The Hall–Kier alpha value is -3.48. The first-order valence-electron chi connectivity index (χ1n) is 10.2. The molecular weight excluding hydrogens is 428 g/mol. The van der Waals surface area contributed by atoms with E-state index in [2.05, 4.69) is 5.32 Å². The first-order valence-corrected chi connectivity index (χ1v) is 10.6. The number of carbonyl (C=O) groups excluding carboxylic acids is 3. The zero-order chi connectivity index (χ0) is 22.5. The number of ether oxygens (including phenoxy) is 1. The van der Waals surface area contributed by atoms with Gasteiger partial charge in [0.25, 0.3) is 11.8 Å². The van der Waals surface area contributed by atoms with Gasteiger partial charge in [-0.3, -0.25) is 14.4 Å². The van der Waals surface area contributed by atoms with Crippen LogP contribution in [-0.4, -0.2) is 48.8 Å². The van der Waals surface area contributed by atoms with Gasteiger partial charge in [0.2, 0.25) is 0 Å². The molecular formula is C25H21ClN2O4. The van der Waals surface area contributed by atoms with E-state index in [4.69, 9.17) is 16.3 Å². The van der Waals surface area contributed by atoms with Crippen LogP contribution in [0.3, 0.4) is 0 Å². The minimum atomic E-state index is -0.432.